The second-order valence-corrected chi connectivity index (χ2v) is 6.66. The van der Waals surface area contributed by atoms with E-state index in [4.69, 9.17) is 20.1 Å². The first kappa shape index (κ1) is 16.5. The average Bonchev–Trinajstić information content (AvgIpc) is 2.88. The predicted molar refractivity (Wildman–Crippen MR) is 81.5 cm³/mol. The number of hydrazine groups is 1. The lowest BCUT2D eigenvalue weighted by atomic mass is 9.81. The van der Waals surface area contributed by atoms with Crippen molar-refractivity contribution in [3.8, 4) is 0 Å². The smallest absolute Gasteiger partial charge is 0.174 e. The fraction of sp³-hybridized carbons (Fsp3) is 1.00. The van der Waals surface area contributed by atoms with Crippen LogP contribution in [0, 0.1) is 5.92 Å². The van der Waals surface area contributed by atoms with Crippen molar-refractivity contribution >= 4 is 11.8 Å². The third kappa shape index (κ3) is 3.87. The van der Waals surface area contributed by atoms with Crippen LogP contribution in [0.3, 0.4) is 0 Å². The molecular weight excluding hydrogens is 276 g/mol. The summed E-state index contributed by atoms with van der Waals surface area (Å²) in [5.41, 5.74) is 3.00. The van der Waals surface area contributed by atoms with Crippen molar-refractivity contribution < 1.29 is 14.2 Å². The third-order valence-electron chi connectivity index (χ3n) is 4.25. The van der Waals surface area contributed by atoms with Crippen molar-refractivity contribution in [1.29, 1.82) is 0 Å². The first-order chi connectivity index (χ1) is 9.74. The van der Waals surface area contributed by atoms with Gasteiger partial charge in [0.1, 0.15) is 0 Å². The van der Waals surface area contributed by atoms with Crippen molar-refractivity contribution in [3.05, 3.63) is 0 Å². The Labute approximate surface area is 126 Å². The van der Waals surface area contributed by atoms with E-state index in [0.29, 0.717) is 19.1 Å². The Morgan fingerprint density at radius 3 is 2.70 bits per heavy atom. The van der Waals surface area contributed by atoms with Crippen LogP contribution in [-0.4, -0.2) is 49.3 Å². The summed E-state index contributed by atoms with van der Waals surface area (Å²) in [7, 11) is 0. The quantitative estimate of drug-likeness (QED) is 0.422. The molecule has 2 fully saturated rings. The highest BCUT2D eigenvalue weighted by molar-refractivity contribution is 7.99. The van der Waals surface area contributed by atoms with Crippen LogP contribution in [0.4, 0.5) is 0 Å². The monoisotopic (exact) mass is 304 g/mol. The Balaban J connectivity index is 2.01. The zero-order valence-corrected chi connectivity index (χ0v) is 13.4. The molecule has 2 aliphatic heterocycles. The maximum Gasteiger partial charge on any atom is 0.174 e. The zero-order valence-electron chi connectivity index (χ0n) is 12.6. The van der Waals surface area contributed by atoms with Gasteiger partial charge in [-0.25, -0.2) is 0 Å². The Bertz CT molecular complexity index is 282. The van der Waals surface area contributed by atoms with E-state index in [2.05, 4.69) is 5.43 Å². The van der Waals surface area contributed by atoms with Crippen LogP contribution in [0.5, 0.6) is 0 Å². The molecule has 0 aromatic heterocycles. The summed E-state index contributed by atoms with van der Waals surface area (Å²) in [6.45, 7) is 6.05. The van der Waals surface area contributed by atoms with Crippen LogP contribution in [0.25, 0.3) is 0 Å². The van der Waals surface area contributed by atoms with Crippen molar-refractivity contribution in [2.75, 3.05) is 31.3 Å². The highest BCUT2D eigenvalue weighted by atomic mass is 32.2. The highest BCUT2D eigenvalue weighted by Gasteiger charge is 2.44. The van der Waals surface area contributed by atoms with Gasteiger partial charge in [0, 0.05) is 25.6 Å². The normalized spacial score (nSPS) is 32.1. The Kier molecular flexibility index (Phi) is 6.58. The number of ether oxygens (including phenoxy) is 3. The molecule has 3 N–H and O–H groups in total. The standard InChI is InChI=1S/C14H28N2O3S/c1-3-17-13(18-4-2)12(16-15)11-5-7-19-14(9-11)6-8-20-10-14/h11-13,16H,3-10,15H2,1-2H3. The van der Waals surface area contributed by atoms with Gasteiger partial charge in [-0.2, -0.15) is 11.8 Å². The average molecular weight is 304 g/mol. The fourth-order valence-electron chi connectivity index (χ4n) is 3.26. The lowest BCUT2D eigenvalue weighted by Crippen LogP contribution is -2.55. The van der Waals surface area contributed by atoms with E-state index in [1.165, 1.54) is 5.75 Å². The zero-order chi connectivity index (χ0) is 14.4. The second-order valence-electron chi connectivity index (χ2n) is 5.56. The molecule has 0 amide bonds. The molecule has 0 aliphatic carbocycles. The van der Waals surface area contributed by atoms with Crippen LogP contribution < -0.4 is 11.3 Å². The predicted octanol–water partition coefficient (Wildman–Crippen LogP) is 1.52. The molecule has 1 spiro atoms. The SMILES string of the molecule is CCOC(OCC)C(NN)C1CCOC2(CCSC2)C1. The molecule has 0 aromatic rings. The minimum absolute atomic E-state index is 0.0290. The summed E-state index contributed by atoms with van der Waals surface area (Å²) in [4.78, 5) is 0. The Morgan fingerprint density at radius 2 is 2.15 bits per heavy atom. The minimum Gasteiger partial charge on any atom is -0.374 e. The molecule has 2 saturated heterocycles. The largest absolute Gasteiger partial charge is 0.374 e. The molecule has 2 heterocycles. The van der Waals surface area contributed by atoms with Gasteiger partial charge in [-0.15, -0.1) is 0 Å². The third-order valence-corrected chi connectivity index (χ3v) is 5.48. The molecule has 2 rings (SSSR count). The van der Waals surface area contributed by atoms with E-state index >= 15 is 0 Å². The van der Waals surface area contributed by atoms with Gasteiger partial charge in [-0.3, -0.25) is 11.3 Å². The first-order valence-electron chi connectivity index (χ1n) is 7.65. The summed E-state index contributed by atoms with van der Waals surface area (Å²) in [6.07, 6.45) is 2.94. The van der Waals surface area contributed by atoms with Gasteiger partial charge in [-0.1, -0.05) is 0 Å². The van der Waals surface area contributed by atoms with E-state index < -0.39 is 0 Å². The number of rotatable bonds is 7. The maximum atomic E-state index is 6.08. The van der Waals surface area contributed by atoms with Crippen LogP contribution in [0.2, 0.25) is 0 Å². The molecule has 0 saturated carbocycles. The highest BCUT2D eigenvalue weighted by Crippen LogP contribution is 2.41. The molecule has 5 nitrogen and oxygen atoms in total. The van der Waals surface area contributed by atoms with Gasteiger partial charge in [0.15, 0.2) is 6.29 Å². The molecule has 0 aromatic carbocycles. The first-order valence-corrected chi connectivity index (χ1v) is 8.81. The van der Waals surface area contributed by atoms with Crippen LogP contribution in [0.15, 0.2) is 0 Å². The molecule has 3 unspecified atom stereocenters. The van der Waals surface area contributed by atoms with Crippen LogP contribution in [-0.2, 0) is 14.2 Å². The van der Waals surface area contributed by atoms with Gasteiger partial charge in [-0.05, 0) is 44.8 Å². The Hall–Kier alpha value is 0.150. The topological polar surface area (TPSA) is 65.7 Å². The van der Waals surface area contributed by atoms with Gasteiger partial charge in [0.05, 0.1) is 11.6 Å². The molecule has 0 radical (unpaired) electrons. The van der Waals surface area contributed by atoms with Crippen molar-refractivity contribution in [3.63, 3.8) is 0 Å². The van der Waals surface area contributed by atoms with Crippen molar-refractivity contribution in [2.45, 2.75) is 51.0 Å². The number of nitrogens with one attached hydrogen (secondary N) is 1. The molecule has 3 atom stereocenters. The maximum absolute atomic E-state index is 6.08. The molecule has 2 aliphatic rings. The van der Waals surface area contributed by atoms with Gasteiger partial charge in [0.2, 0.25) is 0 Å². The second kappa shape index (κ2) is 7.96. The number of nitrogens with two attached hydrogens (primary N) is 1. The molecule has 0 bridgehead atoms. The van der Waals surface area contributed by atoms with E-state index in [1.54, 1.807) is 0 Å². The minimum atomic E-state index is -0.274. The Morgan fingerprint density at radius 1 is 1.40 bits per heavy atom. The van der Waals surface area contributed by atoms with Crippen LogP contribution >= 0.6 is 11.8 Å². The molecular formula is C14H28N2O3S. The molecule has 6 heteroatoms. The van der Waals surface area contributed by atoms with Gasteiger partial charge >= 0.3 is 0 Å². The van der Waals surface area contributed by atoms with Crippen molar-refractivity contribution in [2.24, 2.45) is 11.8 Å². The van der Waals surface area contributed by atoms with E-state index in [0.717, 1.165) is 31.6 Å². The van der Waals surface area contributed by atoms with Crippen molar-refractivity contribution in [1.82, 2.24) is 5.43 Å². The van der Waals surface area contributed by atoms with Crippen LogP contribution in [0.1, 0.15) is 33.1 Å². The summed E-state index contributed by atoms with van der Waals surface area (Å²) < 4.78 is 17.5. The van der Waals surface area contributed by atoms with E-state index in [1.807, 2.05) is 25.6 Å². The summed E-state index contributed by atoms with van der Waals surface area (Å²) >= 11 is 1.99. The lowest BCUT2D eigenvalue weighted by molar-refractivity contribution is -0.176. The number of hydrogen-bond donors (Lipinski definition) is 2. The number of thioether (sulfide) groups is 1. The van der Waals surface area contributed by atoms with Gasteiger partial charge in [0.25, 0.3) is 0 Å². The van der Waals surface area contributed by atoms with E-state index in [-0.39, 0.29) is 17.9 Å². The number of hydrogen-bond acceptors (Lipinski definition) is 6. The molecule has 20 heavy (non-hydrogen) atoms. The van der Waals surface area contributed by atoms with Gasteiger partial charge < -0.3 is 14.2 Å². The fourth-order valence-corrected chi connectivity index (χ4v) is 4.63. The summed E-state index contributed by atoms with van der Waals surface area (Å²) in [5.74, 6) is 8.54. The lowest BCUT2D eigenvalue weighted by Gasteiger charge is -2.42. The summed E-state index contributed by atoms with van der Waals surface area (Å²) in [6, 6.07) is 0.0290. The molecule has 118 valence electrons. The van der Waals surface area contributed by atoms with E-state index in [9.17, 15) is 0 Å². The summed E-state index contributed by atoms with van der Waals surface area (Å²) in [5, 5.41) is 0.